The molecule has 0 aliphatic rings. The van der Waals surface area contributed by atoms with E-state index in [1.165, 1.54) is 12.1 Å². The van der Waals surface area contributed by atoms with Crippen LogP contribution in [0.15, 0.2) is 29.2 Å². The molecule has 0 aromatic heterocycles. The van der Waals surface area contributed by atoms with Gasteiger partial charge in [0.25, 0.3) is 0 Å². The number of hydrogen-bond donors (Lipinski definition) is 2. The van der Waals surface area contributed by atoms with Crippen molar-refractivity contribution < 1.29 is 13.2 Å². The number of nitrogens with two attached hydrogens (primary N) is 1. The fraction of sp³-hybridized carbons (Fsp3) is 0.500. The van der Waals surface area contributed by atoms with Gasteiger partial charge in [-0.2, -0.15) is 0 Å². The van der Waals surface area contributed by atoms with Gasteiger partial charge >= 0.3 is 0 Å². The van der Waals surface area contributed by atoms with Crippen molar-refractivity contribution in [3.8, 4) is 5.75 Å². The predicted octanol–water partition coefficient (Wildman–Crippen LogP) is 1.52. The molecule has 1 rings (SSSR count). The van der Waals surface area contributed by atoms with Crippen LogP contribution < -0.4 is 15.2 Å². The molecular weight excluding hydrogens is 288 g/mol. The molecule has 19 heavy (non-hydrogen) atoms. The summed E-state index contributed by atoms with van der Waals surface area (Å²) in [5.74, 6) is 0.669. The first-order chi connectivity index (χ1) is 8.49. The SMILES string of the molecule is CCCOc1ccc(S(=O)(=O)N[C@H](C)CN)cc1.Cl. The standard InChI is InChI=1S/C12H20N2O3S.ClH/c1-3-8-17-11-4-6-12(7-5-11)18(15,16)14-10(2)9-13;/h4-7,10,14H,3,8-9,13H2,1-2H3;1H/t10-;/m1./s1. The normalized spacial score (nSPS) is 12.6. The summed E-state index contributed by atoms with van der Waals surface area (Å²) in [4.78, 5) is 0.214. The fourth-order valence-corrected chi connectivity index (χ4v) is 2.57. The maximum absolute atomic E-state index is 11.9. The van der Waals surface area contributed by atoms with Crippen LogP contribution in [0.2, 0.25) is 0 Å². The van der Waals surface area contributed by atoms with Crippen molar-refractivity contribution in [2.75, 3.05) is 13.2 Å². The van der Waals surface area contributed by atoms with Gasteiger partial charge in [0.05, 0.1) is 11.5 Å². The highest BCUT2D eigenvalue weighted by Gasteiger charge is 2.16. The molecule has 0 unspecified atom stereocenters. The van der Waals surface area contributed by atoms with Crippen LogP contribution in [0.5, 0.6) is 5.75 Å². The summed E-state index contributed by atoms with van der Waals surface area (Å²) < 4.78 is 31.7. The van der Waals surface area contributed by atoms with Crippen LogP contribution in [0, 0.1) is 0 Å². The van der Waals surface area contributed by atoms with Gasteiger partial charge in [0.2, 0.25) is 10.0 Å². The second-order valence-corrected chi connectivity index (χ2v) is 5.79. The molecule has 0 aliphatic carbocycles. The summed E-state index contributed by atoms with van der Waals surface area (Å²) in [7, 11) is -3.49. The lowest BCUT2D eigenvalue weighted by Crippen LogP contribution is -2.37. The maximum Gasteiger partial charge on any atom is 0.240 e. The van der Waals surface area contributed by atoms with Crippen LogP contribution in [-0.2, 0) is 10.0 Å². The van der Waals surface area contributed by atoms with Crippen molar-refractivity contribution in [2.24, 2.45) is 5.73 Å². The summed E-state index contributed by atoms with van der Waals surface area (Å²) in [6.07, 6.45) is 0.912. The van der Waals surface area contributed by atoms with E-state index in [4.69, 9.17) is 10.5 Å². The maximum atomic E-state index is 11.9. The molecule has 0 spiro atoms. The van der Waals surface area contributed by atoms with E-state index in [0.717, 1.165) is 6.42 Å². The van der Waals surface area contributed by atoms with Gasteiger partial charge in [0.1, 0.15) is 5.75 Å². The zero-order chi connectivity index (χ0) is 13.6. The first kappa shape index (κ1) is 18.2. The van der Waals surface area contributed by atoms with Gasteiger partial charge in [0, 0.05) is 12.6 Å². The van der Waals surface area contributed by atoms with Gasteiger partial charge < -0.3 is 10.5 Å². The molecule has 110 valence electrons. The van der Waals surface area contributed by atoms with E-state index >= 15 is 0 Å². The fourth-order valence-electron chi connectivity index (χ4n) is 1.32. The molecule has 7 heteroatoms. The second kappa shape index (κ2) is 8.37. The molecule has 0 radical (unpaired) electrons. The molecule has 0 fully saturated rings. The first-order valence-corrected chi connectivity index (χ1v) is 7.43. The summed E-state index contributed by atoms with van der Waals surface area (Å²) in [5.41, 5.74) is 5.39. The molecule has 0 heterocycles. The molecule has 0 amide bonds. The highest BCUT2D eigenvalue weighted by molar-refractivity contribution is 7.89. The van der Waals surface area contributed by atoms with Gasteiger partial charge in [-0.15, -0.1) is 12.4 Å². The number of sulfonamides is 1. The average Bonchev–Trinajstić information content (AvgIpc) is 2.36. The van der Waals surface area contributed by atoms with Crippen molar-refractivity contribution in [3.05, 3.63) is 24.3 Å². The molecular formula is C12H21ClN2O3S. The topological polar surface area (TPSA) is 81.4 Å². The molecule has 1 atom stereocenters. The van der Waals surface area contributed by atoms with Crippen molar-refractivity contribution >= 4 is 22.4 Å². The van der Waals surface area contributed by atoms with Gasteiger partial charge in [-0.1, -0.05) is 6.92 Å². The first-order valence-electron chi connectivity index (χ1n) is 5.95. The number of rotatable bonds is 7. The molecule has 5 nitrogen and oxygen atoms in total. The minimum Gasteiger partial charge on any atom is -0.494 e. The molecule has 3 N–H and O–H groups in total. The van der Waals surface area contributed by atoms with E-state index in [0.29, 0.717) is 12.4 Å². The Labute approximate surface area is 121 Å². The van der Waals surface area contributed by atoms with E-state index < -0.39 is 10.0 Å². The second-order valence-electron chi connectivity index (χ2n) is 4.08. The lowest BCUT2D eigenvalue weighted by molar-refractivity contribution is 0.317. The Balaban J connectivity index is 0.00000324. The van der Waals surface area contributed by atoms with Crippen molar-refractivity contribution in [1.29, 1.82) is 0 Å². The van der Waals surface area contributed by atoms with E-state index in [9.17, 15) is 8.42 Å². The van der Waals surface area contributed by atoms with Crippen molar-refractivity contribution in [1.82, 2.24) is 4.72 Å². The summed E-state index contributed by atoms with van der Waals surface area (Å²) in [5, 5.41) is 0. The Hall–Kier alpha value is -0.820. The van der Waals surface area contributed by atoms with E-state index in [-0.39, 0.29) is 29.9 Å². The number of hydrogen-bond acceptors (Lipinski definition) is 4. The number of nitrogens with one attached hydrogen (secondary N) is 1. The van der Waals surface area contributed by atoms with Crippen LogP contribution in [-0.4, -0.2) is 27.6 Å². The third kappa shape index (κ3) is 5.78. The van der Waals surface area contributed by atoms with Crippen molar-refractivity contribution in [2.45, 2.75) is 31.2 Å². The van der Waals surface area contributed by atoms with E-state index in [2.05, 4.69) is 4.72 Å². The molecule has 1 aromatic carbocycles. The molecule has 0 aliphatic heterocycles. The third-order valence-electron chi connectivity index (χ3n) is 2.32. The van der Waals surface area contributed by atoms with Gasteiger partial charge in [-0.25, -0.2) is 13.1 Å². The molecule has 0 saturated carbocycles. The average molecular weight is 309 g/mol. The van der Waals surface area contributed by atoms with Crippen LogP contribution >= 0.6 is 12.4 Å². The quantitative estimate of drug-likeness (QED) is 0.800. The van der Waals surface area contributed by atoms with Gasteiger partial charge in [-0.3, -0.25) is 0 Å². The van der Waals surface area contributed by atoms with E-state index in [1.807, 2.05) is 6.92 Å². The van der Waals surface area contributed by atoms with Gasteiger partial charge in [0.15, 0.2) is 0 Å². The molecule has 1 aromatic rings. The largest absolute Gasteiger partial charge is 0.494 e. The molecule has 0 bridgehead atoms. The van der Waals surface area contributed by atoms with Crippen molar-refractivity contribution in [3.63, 3.8) is 0 Å². The third-order valence-corrected chi connectivity index (χ3v) is 3.92. The van der Waals surface area contributed by atoms with Crippen LogP contribution in [0.4, 0.5) is 0 Å². The smallest absolute Gasteiger partial charge is 0.240 e. The Bertz CT molecular complexity index is 462. The lowest BCUT2D eigenvalue weighted by Gasteiger charge is -2.12. The van der Waals surface area contributed by atoms with Crippen LogP contribution in [0.1, 0.15) is 20.3 Å². The Kier molecular flexibility index (Phi) is 8.01. The minimum absolute atomic E-state index is 0. The number of ether oxygens (including phenoxy) is 1. The summed E-state index contributed by atoms with van der Waals surface area (Å²) in [6.45, 7) is 4.61. The highest BCUT2D eigenvalue weighted by atomic mass is 35.5. The summed E-state index contributed by atoms with van der Waals surface area (Å²) >= 11 is 0. The van der Waals surface area contributed by atoms with E-state index in [1.54, 1.807) is 19.1 Å². The zero-order valence-electron chi connectivity index (χ0n) is 11.1. The predicted molar refractivity (Wildman–Crippen MR) is 78.3 cm³/mol. The molecule has 0 saturated heterocycles. The number of halogens is 1. The lowest BCUT2D eigenvalue weighted by atomic mass is 10.3. The zero-order valence-corrected chi connectivity index (χ0v) is 12.8. The Morgan fingerprint density at radius 2 is 1.89 bits per heavy atom. The Morgan fingerprint density at radius 3 is 2.37 bits per heavy atom. The van der Waals surface area contributed by atoms with Crippen LogP contribution in [0.25, 0.3) is 0 Å². The summed E-state index contributed by atoms with van der Waals surface area (Å²) in [6, 6.07) is 6.06. The highest BCUT2D eigenvalue weighted by Crippen LogP contribution is 2.16. The van der Waals surface area contributed by atoms with Crippen LogP contribution in [0.3, 0.4) is 0 Å². The number of benzene rings is 1. The van der Waals surface area contributed by atoms with Gasteiger partial charge in [-0.05, 0) is 37.6 Å². The Morgan fingerprint density at radius 1 is 1.32 bits per heavy atom. The minimum atomic E-state index is -3.49. The monoisotopic (exact) mass is 308 g/mol.